The fraction of sp³-hybridized carbons (Fsp3) is 0.242. The molecule has 0 bridgehead atoms. The van der Waals surface area contributed by atoms with Gasteiger partial charge in [0.15, 0.2) is 5.82 Å². The number of amides is 1. The van der Waals surface area contributed by atoms with Crippen molar-refractivity contribution in [3.8, 4) is 33.8 Å². The average Bonchev–Trinajstić information content (AvgIpc) is 3.68. The molecule has 46 heavy (non-hydrogen) atoms. The maximum Gasteiger partial charge on any atom is 0.227 e. The third-order valence-electron chi connectivity index (χ3n) is 8.30. The van der Waals surface area contributed by atoms with E-state index in [0.29, 0.717) is 44.9 Å². The predicted octanol–water partition coefficient (Wildman–Crippen LogP) is 5.94. The Kier molecular flexibility index (Phi) is 7.79. The highest BCUT2D eigenvalue weighted by molar-refractivity contribution is 7.88. The lowest BCUT2D eigenvalue weighted by atomic mass is 9.88. The van der Waals surface area contributed by atoms with E-state index in [2.05, 4.69) is 35.2 Å². The number of halogens is 1. The summed E-state index contributed by atoms with van der Waals surface area (Å²) in [5.74, 6) is 0.0785. The Balaban J connectivity index is 1.21. The molecule has 2 aromatic carbocycles. The third-order valence-corrected chi connectivity index (χ3v) is 8.97. The molecular formula is C33H31FN8O3S. The van der Waals surface area contributed by atoms with Crippen LogP contribution in [0.4, 0.5) is 10.1 Å². The molecular weight excluding hydrogens is 607 g/mol. The second kappa shape index (κ2) is 12.1. The molecule has 6 aromatic rings. The van der Waals surface area contributed by atoms with Crippen LogP contribution in [0.15, 0.2) is 67.3 Å². The summed E-state index contributed by atoms with van der Waals surface area (Å²) < 4.78 is 40.2. The number of nitrogens with zero attached hydrogens (tertiary/aromatic N) is 4. The Morgan fingerprint density at radius 2 is 1.76 bits per heavy atom. The second-order valence-electron chi connectivity index (χ2n) is 11.7. The number of fused-ring (bicyclic) bond motifs is 2. The topological polar surface area (TPSA) is 158 Å². The van der Waals surface area contributed by atoms with Gasteiger partial charge in [-0.1, -0.05) is 25.3 Å². The van der Waals surface area contributed by atoms with Crippen molar-refractivity contribution in [3.63, 3.8) is 0 Å². The number of anilines is 1. The van der Waals surface area contributed by atoms with Crippen molar-refractivity contribution >= 4 is 43.6 Å². The van der Waals surface area contributed by atoms with Gasteiger partial charge in [0.05, 0.1) is 40.9 Å². The summed E-state index contributed by atoms with van der Waals surface area (Å²) in [4.78, 5) is 29.7. The lowest BCUT2D eigenvalue weighted by molar-refractivity contribution is -0.120. The second-order valence-corrected chi connectivity index (χ2v) is 13.6. The summed E-state index contributed by atoms with van der Waals surface area (Å²) in [5.41, 5.74) is 6.55. The monoisotopic (exact) mass is 638 g/mol. The van der Waals surface area contributed by atoms with E-state index >= 15 is 0 Å². The third kappa shape index (κ3) is 6.24. The van der Waals surface area contributed by atoms with Crippen LogP contribution >= 0.6 is 0 Å². The Hall–Kier alpha value is -5.01. The van der Waals surface area contributed by atoms with E-state index in [4.69, 9.17) is 4.98 Å². The van der Waals surface area contributed by atoms with Crippen molar-refractivity contribution in [2.75, 3.05) is 11.6 Å². The number of pyridine rings is 2. The first-order valence-electron chi connectivity index (χ1n) is 15.0. The van der Waals surface area contributed by atoms with Gasteiger partial charge in [0.1, 0.15) is 11.5 Å². The van der Waals surface area contributed by atoms with Crippen LogP contribution in [0.5, 0.6) is 0 Å². The number of rotatable bonds is 8. The Morgan fingerprint density at radius 1 is 0.935 bits per heavy atom. The van der Waals surface area contributed by atoms with Crippen molar-refractivity contribution in [2.45, 2.75) is 38.6 Å². The number of nitrogens with one attached hydrogen (secondary N) is 4. The molecule has 4 heterocycles. The van der Waals surface area contributed by atoms with Gasteiger partial charge in [-0.2, -0.15) is 5.10 Å². The molecule has 0 spiro atoms. The van der Waals surface area contributed by atoms with Gasteiger partial charge in [-0.05, 0) is 65.9 Å². The van der Waals surface area contributed by atoms with Gasteiger partial charge in [0.25, 0.3) is 0 Å². The molecule has 1 amide bonds. The van der Waals surface area contributed by atoms with Crippen LogP contribution < -0.4 is 10.0 Å². The zero-order valence-electron chi connectivity index (χ0n) is 25.0. The highest BCUT2D eigenvalue weighted by Crippen LogP contribution is 2.34. The lowest BCUT2D eigenvalue weighted by Crippen LogP contribution is -2.24. The lowest BCUT2D eigenvalue weighted by Gasteiger charge is -2.20. The largest absolute Gasteiger partial charge is 0.335 e. The molecule has 13 heteroatoms. The minimum atomic E-state index is -3.45. The standard InChI is InChI=1S/C33H31FN8O3S/c1-46(44,45)37-14-19-9-22(11-24(34)10-19)27-17-36-18-29-30(27)40-32(39-29)31-26-13-21(7-8-28(26)41-42-31)23-12-25(16-35-15-23)38-33(43)20-5-3-2-4-6-20/h7-13,15-18,20,37H,2-6,14H2,1H3,(H,38,43)(H,39,40)(H,41,42). The number of aromatic nitrogens is 6. The maximum atomic E-state index is 14.6. The number of carbonyl (C=O) groups excluding carboxylic acids is 1. The molecule has 1 fully saturated rings. The highest BCUT2D eigenvalue weighted by Gasteiger charge is 2.22. The number of benzene rings is 2. The van der Waals surface area contributed by atoms with Crippen LogP contribution in [0.3, 0.4) is 0 Å². The molecule has 0 atom stereocenters. The first kappa shape index (κ1) is 29.7. The summed E-state index contributed by atoms with van der Waals surface area (Å²) in [6.07, 6.45) is 12.9. The molecule has 0 unspecified atom stereocenters. The Morgan fingerprint density at radius 3 is 2.59 bits per heavy atom. The van der Waals surface area contributed by atoms with Crippen LogP contribution in [-0.2, 0) is 21.4 Å². The van der Waals surface area contributed by atoms with Crippen LogP contribution in [0.2, 0.25) is 0 Å². The van der Waals surface area contributed by atoms with Crippen molar-refractivity contribution in [1.29, 1.82) is 0 Å². The summed E-state index contributed by atoms with van der Waals surface area (Å²) in [7, 11) is -3.45. The van der Waals surface area contributed by atoms with Gasteiger partial charge in [-0.3, -0.25) is 19.9 Å². The number of hydrogen-bond donors (Lipinski definition) is 4. The van der Waals surface area contributed by atoms with E-state index in [1.165, 1.54) is 18.6 Å². The molecule has 0 saturated heterocycles. The molecule has 0 aliphatic heterocycles. The van der Waals surface area contributed by atoms with Crippen molar-refractivity contribution < 1.29 is 17.6 Å². The molecule has 1 aliphatic rings. The zero-order valence-corrected chi connectivity index (χ0v) is 25.8. The quantitative estimate of drug-likeness (QED) is 0.161. The summed E-state index contributed by atoms with van der Waals surface area (Å²) in [5, 5.41) is 11.5. The van der Waals surface area contributed by atoms with Crippen LogP contribution in [0, 0.1) is 11.7 Å². The van der Waals surface area contributed by atoms with E-state index < -0.39 is 15.8 Å². The van der Waals surface area contributed by atoms with Gasteiger partial charge < -0.3 is 10.3 Å². The summed E-state index contributed by atoms with van der Waals surface area (Å²) >= 11 is 0. The van der Waals surface area contributed by atoms with Gasteiger partial charge in [0.2, 0.25) is 15.9 Å². The van der Waals surface area contributed by atoms with E-state index in [9.17, 15) is 17.6 Å². The molecule has 4 N–H and O–H groups in total. The van der Waals surface area contributed by atoms with E-state index in [1.54, 1.807) is 30.9 Å². The van der Waals surface area contributed by atoms with Crippen LogP contribution in [-0.4, -0.2) is 50.7 Å². The average molecular weight is 639 g/mol. The summed E-state index contributed by atoms with van der Waals surface area (Å²) in [6.45, 7) is -0.0499. The van der Waals surface area contributed by atoms with Crippen molar-refractivity contribution in [1.82, 2.24) is 34.9 Å². The first-order valence-corrected chi connectivity index (χ1v) is 16.9. The number of H-pyrrole nitrogens is 2. The van der Waals surface area contributed by atoms with Gasteiger partial charge in [-0.15, -0.1) is 0 Å². The number of carbonyl (C=O) groups is 1. The smallest absolute Gasteiger partial charge is 0.227 e. The van der Waals surface area contributed by atoms with Crippen molar-refractivity contribution in [3.05, 3.63) is 78.6 Å². The fourth-order valence-electron chi connectivity index (χ4n) is 6.03. The Bertz CT molecular complexity index is 2210. The first-order chi connectivity index (χ1) is 22.2. The molecule has 0 radical (unpaired) electrons. The zero-order chi connectivity index (χ0) is 31.8. The molecule has 234 valence electrons. The SMILES string of the molecule is CS(=O)(=O)NCc1cc(F)cc(-c2cncc3[nH]c(-c4n[nH]c5ccc(-c6cncc(NC(=O)C7CCCCC7)c6)cc45)nc23)c1. The number of sulfonamides is 1. The number of aromatic amines is 2. The minimum Gasteiger partial charge on any atom is -0.335 e. The van der Waals surface area contributed by atoms with Crippen molar-refractivity contribution in [2.24, 2.45) is 5.92 Å². The predicted molar refractivity (Wildman–Crippen MR) is 174 cm³/mol. The van der Waals surface area contributed by atoms with Crippen LogP contribution in [0.1, 0.15) is 37.7 Å². The summed E-state index contributed by atoms with van der Waals surface area (Å²) in [6, 6.07) is 12.2. The Labute approximate surface area is 264 Å². The molecule has 4 aromatic heterocycles. The number of hydrogen-bond acceptors (Lipinski definition) is 7. The molecule has 11 nitrogen and oxygen atoms in total. The van der Waals surface area contributed by atoms with E-state index in [0.717, 1.165) is 54.0 Å². The molecule has 7 rings (SSSR count). The fourth-order valence-corrected chi connectivity index (χ4v) is 6.46. The normalized spacial score (nSPS) is 14.2. The maximum absolute atomic E-state index is 14.6. The van der Waals surface area contributed by atoms with Gasteiger partial charge >= 0.3 is 0 Å². The van der Waals surface area contributed by atoms with Gasteiger partial charge in [0, 0.05) is 41.4 Å². The van der Waals surface area contributed by atoms with Crippen LogP contribution in [0.25, 0.3) is 55.7 Å². The van der Waals surface area contributed by atoms with Gasteiger partial charge in [-0.25, -0.2) is 22.5 Å². The number of imidazole rings is 1. The minimum absolute atomic E-state index is 0.0432. The molecule has 1 aliphatic carbocycles. The van der Waals surface area contributed by atoms with E-state index in [-0.39, 0.29) is 18.4 Å². The highest BCUT2D eigenvalue weighted by atomic mass is 32.2. The van der Waals surface area contributed by atoms with E-state index in [1.807, 2.05) is 24.3 Å². The molecule has 1 saturated carbocycles.